The van der Waals surface area contributed by atoms with Crippen LogP contribution in [0.1, 0.15) is 31.2 Å². The Balaban J connectivity index is 2.15. The number of hydrogen-bond acceptors (Lipinski definition) is 3. The van der Waals surface area contributed by atoms with Gasteiger partial charge in [0.25, 0.3) is 0 Å². The zero-order valence-corrected chi connectivity index (χ0v) is 8.57. The Morgan fingerprint density at radius 3 is 2.73 bits per heavy atom. The van der Waals surface area contributed by atoms with Crippen LogP contribution in [-0.2, 0) is 0 Å². The molecule has 1 aliphatic rings. The molecular weight excluding hydrogens is 188 g/mol. The van der Waals surface area contributed by atoms with Crippen LogP contribution in [0.2, 0.25) is 0 Å². The average molecular weight is 202 g/mol. The van der Waals surface area contributed by atoms with Gasteiger partial charge in [-0.2, -0.15) is 5.26 Å². The lowest BCUT2D eigenvalue weighted by Gasteiger charge is -2.14. The molecule has 0 radical (unpaired) electrons. The van der Waals surface area contributed by atoms with Crippen LogP contribution in [0.4, 0.5) is 5.69 Å². The number of ether oxygens (including phenoxy) is 1. The monoisotopic (exact) mass is 202 g/mol. The number of nitrogens with two attached hydrogens (primary N) is 1. The van der Waals surface area contributed by atoms with E-state index in [4.69, 9.17) is 15.7 Å². The summed E-state index contributed by atoms with van der Waals surface area (Å²) in [5.74, 6) is 0.654. The third-order valence-electron chi connectivity index (χ3n) is 2.74. The first-order chi connectivity index (χ1) is 7.29. The van der Waals surface area contributed by atoms with Gasteiger partial charge in [-0.1, -0.05) is 0 Å². The molecule has 0 aliphatic heterocycles. The van der Waals surface area contributed by atoms with E-state index in [1.54, 1.807) is 18.2 Å². The predicted octanol–water partition coefficient (Wildman–Crippen LogP) is 2.46. The van der Waals surface area contributed by atoms with E-state index in [2.05, 4.69) is 6.07 Å². The fraction of sp³-hybridized carbons (Fsp3) is 0.417. The molecule has 0 spiro atoms. The first-order valence-electron chi connectivity index (χ1n) is 5.26. The van der Waals surface area contributed by atoms with Crippen LogP contribution in [-0.4, -0.2) is 6.10 Å². The van der Waals surface area contributed by atoms with Gasteiger partial charge in [-0.25, -0.2) is 0 Å². The molecule has 0 atom stereocenters. The molecule has 0 bridgehead atoms. The highest BCUT2D eigenvalue weighted by molar-refractivity contribution is 5.56. The lowest BCUT2D eigenvalue weighted by atomic mass is 10.2. The number of nitrogen functional groups attached to an aromatic ring is 1. The van der Waals surface area contributed by atoms with Crippen molar-refractivity contribution in [3.05, 3.63) is 23.8 Å². The van der Waals surface area contributed by atoms with Crippen molar-refractivity contribution in [2.45, 2.75) is 31.8 Å². The predicted molar refractivity (Wildman–Crippen MR) is 58.5 cm³/mol. The summed E-state index contributed by atoms with van der Waals surface area (Å²) < 4.78 is 5.77. The maximum atomic E-state index is 8.77. The van der Waals surface area contributed by atoms with Crippen molar-refractivity contribution < 1.29 is 4.74 Å². The molecule has 1 aliphatic carbocycles. The van der Waals surface area contributed by atoms with Crippen LogP contribution in [0.3, 0.4) is 0 Å². The van der Waals surface area contributed by atoms with Gasteiger partial charge in [-0.05, 0) is 37.8 Å². The molecule has 2 N–H and O–H groups in total. The largest absolute Gasteiger partial charge is 0.488 e. The highest BCUT2D eigenvalue weighted by Crippen LogP contribution is 2.28. The quantitative estimate of drug-likeness (QED) is 0.749. The molecule has 1 saturated carbocycles. The highest BCUT2D eigenvalue weighted by atomic mass is 16.5. The Bertz CT molecular complexity index is 389. The van der Waals surface area contributed by atoms with Crippen LogP contribution in [0.25, 0.3) is 0 Å². The number of benzene rings is 1. The highest BCUT2D eigenvalue weighted by Gasteiger charge is 2.17. The Kier molecular flexibility index (Phi) is 2.77. The summed E-state index contributed by atoms with van der Waals surface area (Å²) in [6, 6.07) is 7.23. The summed E-state index contributed by atoms with van der Waals surface area (Å²) in [6.07, 6.45) is 4.92. The van der Waals surface area contributed by atoms with Crippen molar-refractivity contribution in [1.29, 1.82) is 5.26 Å². The van der Waals surface area contributed by atoms with Crippen LogP contribution in [0.15, 0.2) is 18.2 Å². The molecule has 15 heavy (non-hydrogen) atoms. The van der Waals surface area contributed by atoms with Gasteiger partial charge in [0.15, 0.2) is 0 Å². The van der Waals surface area contributed by atoms with E-state index in [-0.39, 0.29) is 6.10 Å². The number of nitrogens with zero attached hydrogens (tertiary/aromatic N) is 1. The van der Waals surface area contributed by atoms with Gasteiger partial charge in [0.05, 0.1) is 23.4 Å². The Hall–Kier alpha value is -1.69. The van der Waals surface area contributed by atoms with Crippen molar-refractivity contribution in [2.75, 3.05) is 5.73 Å². The van der Waals surface area contributed by atoms with Gasteiger partial charge in [-0.3, -0.25) is 0 Å². The second kappa shape index (κ2) is 4.22. The molecule has 0 heterocycles. The van der Waals surface area contributed by atoms with Crippen LogP contribution >= 0.6 is 0 Å². The van der Waals surface area contributed by atoms with Gasteiger partial charge >= 0.3 is 0 Å². The van der Waals surface area contributed by atoms with E-state index in [1.165, 1.54) is 12.8 Å². The number of nitriles is 1. The topological polar surface area (TPSA) is 59.0 Å². The van der Waals surface area contributed by atoms with Gasteiger partial charge in [0.2, 0.25) is 0 Å². The molecule has 1 aromatic rings. The van der Waals surface area contributed by atoms with Gasteiger partial charge in [0, 0.05) is 6.07 Å². The maximum absolute atomic E-state index is 8.77. The maximum Gasteiger partial charge on any atom is 0.143 e. The normalized spacial score (nSPS) is 16.2. The average Bonchev–Trinajstić information content (AvgIpc) is 2.74. The second-order valence-electron chi connectivity index (χ2n) is 3.89. The molecule has 0 amide bonds. The van der Waals surface area contributed by atoms with Crippen LogP contribution < -0.4 is 10.5 Å². The third kappa shape index (κ3) is 2.21. The Morgan fingerprint density at radius 2 is 2.07 bits per heavy atom. The van der Waals surface area contributed by atoms with Crippen molar-refractivity contribution in [3.8, 4) is 11.8 Å². The molecular formula is C12H14N2O. The van der Waals surface area contributed by atoms with E-state index in [9.17, 15) is 0 Å². The minimum atomic E-state index is 0.279. The third-order valence-corrected chi connectivity index (χ3v) is 2.74. The van der Waals surface area contributed by atoms with Crippen LogP contribution in [0, 0.1) is 11.3 Å². The molecule has 0 unspecified atom stereocenters. The van der Waals surface area contributed by atoms with Gasteiger partial charge in [-0.15, -0.1) is 0 Å². The van der Waals surface area contributed by atoms with Crippen molar-refractivity contribution in [2.24, 2.45) is 0 Å². The summed E-state index contributed by atoms with van der Waals surface area (Å²) in [5.41, 5.74) is 6.99. The van der Waals surface area contributed by atoms with Crippen LogP contribution in [0.5, 0.6) is 5.75 Å². The lowest BCUT2D eigenvalue weighted by Crippen LogP contribution is -2.12. The summed E-state index contributed by atoms with van der Waals surface area (Å²) in [7, 11) is 0. The first kappa shape index (κ1) is 9.85. The molecule has 2 rings (SSSR count). The summed E-state index contributed by atoms with van der Waals surface area (Å²) in [4.78, 5) is 0. The molecule has 0 aromatic heterocycles. The minimum Gasteiger partial charge on any atom is -0.488 e. The molecule has 3 heteroatoms. The molecule has 1 fully saturated rings. The Morgan fingerprint density at radius 1 is 1.33 bits per heavy atom. The van der Waals surface area contributed by atoms with E-state index < -0.39 is 0 Å². The smallest absolute Gasteiger partial charge is 0.143 e. The van der Waals surface area contributed by atoms with E-state index in [0.29, 0.717) is 17.0 Å². The Labute approximate surface area is 89.5 Å². The van der Waals surface area contributed by atoms with Crippen molar-refractivity contribution >= 4 is 5.69 Å². The number of anilines is 1. The molecule has 1 aromatic carbocycles. The summed E-state index contributed by atoms with van der Waals surface area (Å²) in [6.45, 7) is 0. The van der Waals surface area contributed by atoms with Crippen molar-refractivity contribution in [1.82, 2.24) is 0 Å². The van der Waals surface area contributed by atoms with E-state index >= 15 is 0 Å². The summed E-state index contributed by atoms with van der Waals surface area (Å²) >= 11 is 0. The van der Waals surface area contributed by atoms with Gasteiger partial charge in [0.1, 0.15) is 5.75 Å². The zero-order chi connectivity index (χ0) is 10.7. The van der Waals surface area contributed by atoms with E-state index in [0.717, 1.165) is 12.8 Å². The van der Waals surface area contributed by atoms with Crippen molar-refractivity contribution in [3.63, 3.8) is 0 Å². The standard InChI is InChI=1S/C12H14N2O/c13-8-9-5-6-11(14)12(7-9)15-10-3-1-2-4-10/h5-7,10H,1-4,14H2. The fourth-order valence-electron chi connectivity index (χ4n) is 1.89. The second-order valence-corrected chi connectivity index (χ2v) is 3.89. The SMILES string of the molecule is N#Cc1ccc(N)c(OC2CCCC2)c1. The van der Waals surface area contributed by atoms with Gasteiger partial charge < -0.3 is 10.5 Å². The lowest BCUT2D eigenvalue weighted by molar-refractivity contribution is 0.211. The minimum absolute atomic E-state index is 0.279. The molecule has 3 nitrogen and oxygen atoms in total. The summed E-state index contributed by atoms with van der Waals surface area (Å²) in [5, 5.41) is 8.77. The first-order valence-corrected chi connectivity index (χ1v) is 5.26. The zero-order valence-electron chi connectivity index (χ0n) is 8.57. The fourth-order valence-corrected chi connectivity index (χ4v) is 1.89. The number of hydrogen-bond donors (Lipinski definition) is 1. The molecule has 78 valence electrons. The number of rotatable bonds is 2. The van der Waals surface area contributed by atoms with E-state index in [1.807, 2.05) is 0 Å². The molecule has 0 saturated heterocycles.